The van der Waals surface area contributed by atoms with E-state index in [0.717, 1.165) is 11.0 Å². The summed E-state index contributed by atoms with van der Waals surface area (Å²) in [7, 11) is 0. The van der Waals surface area contributed by atoms with Crippen LogP contribution >= 0.6 is 0 Å². The number of nitrogens with zero attached hydrogens (tertiary/aromatic N) is 2. The molecule has 2 unspecified atom stereocenters. The molecule has 2 rings (SSSR count). The highest BCUT2D eigenvalue weighted by atomic mass is 19.4. The molecule has 0 radical (unpaired) electrons. The number of aliphatic hydroxyl groups excluding tert-OH is 1. The third-order valence-corrected chi connectivity index (χ3v) is 4.24. The normalized spacial score (nSPS) is 21.3. The SMILES string of the molecule is CC(C)(C)OC(=O)N1CCC(F)(F)C(c2cc[n+]([O-])c(C(O)C(F)(F)F)c2)C1. The molecule has 1 aliphatic rings. The van der Waals surface area contributed by atoms with E-state index < -0.39 is 54.5 Å². The fourth-order valence-electron chi connectivity index (χ4n) is 2.85. The number of piperidine rings is 1. The lowest BCUT2D eigenvalue weighted by atomic mass is 9.87. The molecule has 0 bridgehead atoms. The molecule has 0 aromatic carbocycles. The van der Waals surface area contributed by atoms with E-state index in [2.05, 4.69) is 0 Å². The molecule has 1 amide bonds. The van der Waals surface area contributed by atoms with Crippen molar-refractivity contribution in [3.63, 3.8) is 0 Å². The number of amides is 1. The lowest BCUT2D eigenvalue weighted by molar-refractivity contribution is -0.621. The Morgan fingerprint density at radius 2 is 2.00 bits per heavy atom. The quantitative estimate of drug-likeness (QED) is 0.460. The average molecular weight is 412 g/mol. The zero-order chi connectivity index (χ0) is 21.5. The first kappa shape index (κ1) is 22.1. The molecule has 1 fully saturated rings. The highest BCUT2D eigenvalue weighted by Crippen LogP contribution is 2.41. The van der Waals surface area contributed by atoms with E-state index in [4.69, 9.17) is 4.74 Å². The first-order valence-electron chi connectivity index (χ1n) is 8.45. The van der Waals surface area contributed by atoms with Crippen LogP contribution in [0.2, 0.25) is 0 Å². The van der Waals surface area contributed by atoms with Crippen LogP contribution < -0.4 is 4.73 Å². The molecule has 0 spiro atoms. The van der Waals surface area contributed by atoms with Crippen LogP contribution in [0.1, 0.15) is 50.5 Å². The molecule has 1 saturated heterocycles. The van der Waals surface area contributed by atoms with Gasteiger partial charge in [0, 0.05) is 31.6 Å². The molecule has 28 heavy (non-hydrogen) atoms. The summed E-state index contributed by atoms with van der Waals surface area (Å²) >= 11 is 0. The number of alkyl halides is 5. The number of ether oxygens (including phenoxy) is 1. The summed E-state index contributed by atoms with van der Waals surface area (Å²) < 4.78 is 72.1. The van der Waals surface area contributed by atoms with Gasteiger partial charge >= 0.3 is 12.3 Å². The summed E-state index contributed by atoms with van der Waals surface area (Å²) in [6.45, 7) is 4.03. The number of likely N-dealkylation sites (tertiary alicyclic amines) is 1. The molecule has 1 aliphatic heterocycles. The minimum Gasteiger partial charge on any atom is -0.618 e. The van der Waals surface area contributed by atoms with Crippen molar-refractivity contribution in [3.05, 3.63) is 34.8 Å². The summed E-state index contributed by atoms with van der Waals surface area (Å²) in [4.78, 5) is 13.2. The molecule has 1 aromatic rings. The Hall–Kier alpha value is -2.17. The molecular formula is C17H21F5N2O4. The number of pyridine rings is 1. The molecule has 0 aliphatic carbocycles. The van der Waals surface area contributed by atoms with Gasteiger partial charge in [-0.25, -0.2) is 13.6 Å². The fourth-order valence-corrected chi connectivity index (χ4v) is 2.85. The van der Waals surface area contributed by atoms with E-state index in [-0.39, 0.29) is 16.8 Å². The highest BCUT2D eigenvalue weighted by molar-refractivity contribution is 5.68. The first-order valence-corrected chi connectivity index (χ1v) is 8.45. The predicted molar refractivity (Wildman–Crippen MR) is 86.5 cm³/mol. The Balaban J connectivity index is 2.34. The number of carbonyl (C=O) groups is 1. The number of hydrogen-bond acceptors (Lipinski definition) is 4. The summed E-state index contributed by atoms with van der Waals surface area (Å²) in [6.07, 6.45) is -9.17. The van der Waals surface area contributed by atoms with E-state index >= 15 is 0 Å². The van der Waals surface area contributed by atoms with Crippen molar-refractivity contribution in [3.8, 4) is 0 Å². The number of hydrogen-bond donors (Lipinski definition) is 1. The van der Waals surface area contributed by atoms with Crippen molar-refractivity contribution in [1.82, 2.24) is 4.90 Å². The minimum absolute atomic E-state index is 0.228. The maximum absolute atomic E-state index is 14.4. The fraction of sp³-hybridized carbons (Fsp3) is 0.647. The van der Waals surface area contributed by atoms with Gasteiger partial charge < -0.3 is 20.0 Å². The third kappa shape index (κ3) is 5.00. The largest absolute Gasteiger partial charge is 0.618 e. The van der Waals surface area contributed by atoms with Crippen LogP contribution in [-0.2, 0) is 4.74 Å². The monoisotopic (exact) mass is 412 g/mol. The van der Waals surface area contributed by atoms with Gasteiger partial charge in [0.15, 0.2) is 6.20 Å². The third-order valence-electron chi connectivity index (χ3n) is 4.24. The van der Waals surface area contributed by atoms with E-state index in [1.165, 1.54) is 0 Å². The zero-order valence-electron chi connectivity index (χ0n) is 15.5. The van der Waals surface area contributed by atoms with Crippen molar-refractivity contribution in [2.45, 2.75) is 56.9 Å². The van der Waals surface area contributed by atoms with E-state index in [9.17, 15) is 37.1 Å². The van der Waals surface area contributed by atoms with Crippen molar-refractivity contribution >= 4 is 6.09 Å². The summed E-state index contributed by atoms with van der Waals surface area (Å²) in [5.41, 5.74) is -2.25. The van der Waals surface area contributed by atoms with Crippen LogP contribution in [0.15, 0.2) is 18.3 Å². The van der Waals surface area contributed by atoms with Gasteiger partial charge in [0.1, 0.15) is 5.60 Å². The van der Waals surface area contributed by atoms with Crippen LogP contribution in [0, 0.1) is 5.21 Å². The molecule has 0 saturated carbocycles. The van der Waals surface area contributed by atoms with Gasteiger partial charge in [-0.2, -0.15) is 17.9 Å². The van der Waals surface area contributed by atoms with E-state index in [1.807, 2.05) is 0 Å². The summed E-state index contributed by atoms with van der Waals surface area (Å²) in [6, 6.07) is 1.55. The Bertz CT molecular complexity index is 733. The zero-order valence-corrected chi connectivity index (χ0v) is 15.5. The van der Waals surface area contributed by atoms with Crippen LogP contribution in [0.3, 0.4) is 0 Å². The number of aliphatic hydroxyl groups is 1. The number of halogens is 5. The van der Waals surface area contributed by atoms with E-state index in [1.54, 1.807) is 20.8 Å². The smallest absolute Gasteiger partial charge is 0.424 e. The predicted octanol–water partition coefficient (Wildman–Crippen LogP) is 3.28. The number of carbonyl (C=O) groups excluding carboxylic acids is 1. The van der Waals surface area contributed by atoms with Crippen LogP contribution in [-0.4, -0.2) is 46.9 Å². The molecule has 2 heterocycles. The lowest BCUT2D eigenvalue weighted by Gasteiger charge is -2.39. The molecule has 11 heteroatoms. The Kier molecular flexibility index (Phi) is 5.80. The van der Waals surface area contributed by atoms with Gasteiger partial charge in [0.2, 0.25) is 11.8 Å². The van der Waals surface area contributed by atoms with Crippen LogP contribution in [0.5, 0.6) is 0 Å². The lowest BCUT2D eigenvalue weighted by Crippen LogP contribution is -2.49. The van der Waals surface area contributed by atoms with Crippen molar-refractivity contribution in [2.24, 2.45) is 0 Å². The number of rotatable bonds is 2. The van der Waals surface area contributed by atoms with Crippen LogP contribution in [0.25, 0.3) is 0 Å². The molecular weight excluding hydrogens is 391 g/mol. The summed E-state index contributed by atoms with van der Waals surface area (Å²) in [5, 5.41) is 21.0. The van der Waals surface area contributed by atoms with Gasteiger partial charge in [-0.15, -0.1) is 0 Å². The van der Waals surface area contributed by atoms with Gasteiger partial charge in [-0.05, 0) is 26.3 Å². The average Bonchev–Trinajstić information content (AvgIpc) is 2.52. The maximum Gasteiger partial charge on any atom is 0.424 e. The van der Waals surface area contributed by atoms with Gasteiger partial charge in [0.05, 0.1) is 5.92 Å². The Morgan fingerprint density at radius 1 is 1.39 bits per heavy atom. The Morgan fingerprint density at radius 3 is 2.54 bits per heavy atom. The van der Waals surface area contributed by atoms with E-state index in [0.29, 0.717) is 12.3 Å². The number of aromatic nitrogens is 1. The van der Waals surface area contributed by atoms with Crippen LogP contribution in [0.4, 0.5) is 26.7 Å². The molecule has 1 N–H and O–H groups in total. The second-order valence-electron chi connectivity index (χ2n) is 7.64. The molecule has 1 aromatic heterocycles. The van der Waals surface area contributed by atoms with Gasteiger partial charge in [0.25, 0.3) is 5.92 Å². The first-order chi connectivity index (χ1) is 12.6. The molecule has 6 nitrogen and oxygen atoms in total. The van der Waals surface area contributed by atoms with Gasteiger partial charge in [-0.3, -0.25) is 0 Å². The highest BCUT2D eigenvalue weighted by Gasteiger charge is 2.49. The summed E-state index contributed by atoms with van der Waals surface area (Å²) in [5.74, 6) is -4.98. The molecule has 158 valence electrons. The Labute approximate surface area is 158 Å². The standard InChI is InChI=1S/C17H21F5N2O4/c1-15(2,3)28-14(26)23-7-5-16(18,19)11(9-23)10-4-6-24(27)12(8-10)13(25)17(20,21)22/h4,6,8,11,13,25H,5,7,9H2,1-3H3. The van der Waals surface area contributed by atoms with Crippen molar-refractivity contribution in [2.75, 3.05) is 13.1 Å². The maximum atomic E-state index is 14.4. The minimum atomic E-state index is -5.14. The topological polar surface area (TPSA) is 76.7 Å². The molecule has 2 atom stereocenters. The second kappa shape index (κ2) is 7.34. The van der Waals surface area contributed by atoms with Crippen molar-refractivity contribution < 1.29 is 41.3 Å². The van der Waals surface area contributed by atoms with Gasteiger partial charge in [-0.1, -0.05) is 0 Å². The van der Waals surface area contributed by atoms with Crippen molar-refractivity contribution in [1.29, 1.82) is 0 Å². The second-order valence-corrected chi connectivity index (χ2v) is 7.64.